The zero-order valence-electron chi connectivity index (χ0n) is 12.3. The zero-order valence-corrected chi connectivity index (χ0v) is 13.2. The van der Waals surface area contributed by atoms with E-state index in [4.69, 9.17) is 9.79 Å². The Kier molecular flexibility index (Phi) is 12.0. The van der Waals surface area contributed by atoms with Crippen LogP contribution in [0, 0.1) is 6.16 Å². The molecule has 2 N–H and O–H groups in total. The number of unbranched alkanes of at least 4 members (excludes halogenated alkanes) is 9. The molecule has 0 aliphatic rings. The molecule has 0 aliphatic heterocycles. The molecule has 20 heavy (non-hydrogen) atoms. The second-order valence-electron chi connectivity index (χ2n) is 5.16. The Hall–Kier alpha value is -0.440. The molecule has 0 aromatic heterocycles. The number of rotatable bonds is 14. The smallest absolute Gasteiger partial charge is 0.324 e. The first-order chi connectivity index (χ1) is 9.45. The molecule has 0 amide bonds. The third kappa shape index (κ3) is 15.6. The number of hydrogen-bond acceptors (Lipinski definition) is 2. The van der Waals surface area contributed by atoms with Crippen LogP contribution in [0.4, 0.5) is 0 Å². The minimum absolute atomic E-state index is 0.136. The number of carbonyl (C=O) groups excluding carboxylic acids is 1. The Bertz CT molecular complexity index is 309. The van der Waals surface area contributed by atoms with E-state index in [2.05, 4.69) is 6.58 Å². The lowest BCUT2D eigenvalue weighted by atomic mass is 10.1. The molecule has 0 aromatic carbocycles. The van der Waals surface area contributed by atoms with E-state index in [9.17, 15) is 9.36 Å². The first-order valence-electron chi connectivity index (χ1n) is 7.50. The first kappa shape index (κ1) is 19.6. The van der Waals surface area contributed by atoms with Crippen molar-refractivity contribution in [1.29, 1.82) is 0 Å². The maximum absolute atomic E-state index is 11.0. The van der Waals surface area contributed by atoms with Gasteiger partial charge in [0.15, 0.2) is 5.78 Å². The van der Waals surface area contributed by atoms with Gasteiger partial charge in [0.05, 0.1) is 6.16 Å². The maximum atomic E-state index is 11.0. The fourth-order valence-electron chi connectivity index (χ4n) is 2.04. The van der Waals surface area contributed by atoms with E-state index in [1.165, 1.54) is 31.8 Å². The van der Waals surface area contributed by atoms with E-state index in [0.717, 1.165) is 38.3 Å². The van der Waals surface area contributed by atoms with E-state index in [1.807, 2.05) is 0 Å². The van der Waals surface area contributed by atoms with Crippen molar-refractivity contribution in [2.75, 3.05) is 0 Å². The summed E-state index contributed by atoms with van der Waals surface area (Å²) in [5, 5.41) is 0. The van der Waals surface area contributed by atoms with Crippen LogP contribution in [0.15, 0.2) is 12.7 Å². The number of ketones is 1. The molecule has 0 aliphatic carbocycles. The summed E-state index contributed by atoms with van der Waals surface area (Å²) >= 11 is 0. The van der Waals surface area contributed by atoms with E-state index in [1.54, 1.807) is 0 Å². The topological polar surface area (TPSA) is 74.6 Å². The van der Waals surface area contributed by atoms with Gasteiger partial charge in [-0.1, -0.05) is 57.9 Å². The molecule has 117 valence electrons. The summed E-state index contributed by atoms with van der Waals surface area (Å²) in [6.45, 7) is 3.45. The Morgan fingerprint density at radius 1 is 0.900 bits per heavy atom. The summed E-state index contributed by atoms with van der Waals surface area (Å²) in [6, 6.07) is 0. The molecular formula is C15H28O4P. The van der Waals surface area contributed by atoms with Gasteiger partial charge in [-0.3, -0.25) is 9.36 Å². The lowest BCUT2D eigenvalue weighted by Crippen LogP contribution is -1.91. The predicted molar refractivity (Wildman–Crippen MR) is 82.3 cm³/mol. The van der Waals surface area contributed by atoms with Gasteiger partial charge in [-0.05, 0) is 18.9 Å². The predicted octanol–water partition coefficient (Wildman–Crippen LogP) is 4.37. The van der Waals surface area contributed by atoms with Crippen LogP contribution in [0.5, 0.6) is 0 Å². The average molecular weight is 303 g/mol. The molecule has 1 radical (unpaired) electrons. The minimum Gasteiger partial charge on any atom is -0.324 e. The van der Waals surface area contributed by atoms with Crippen LogP contribution < -0.4 is 0 Å². The van der Waals surface area contributed by atoms with Gasteiger partial charge in [0.2, 0.25) is 0 Å². The molecule has 0 bridgehead atoms. The highest BCUT2D eigenvalue weighted by Gasteiger charge is 2.11. The third-order valence-corrected chi connectivity index (χ3v) is 3.96. The van der Waals surface area contributed by atoms with Crippen molar-refractivity contribution < 1.29 is 19.1 Å². The molecule has 0 saturated heterocycles. The van der Waals surface area contributed by atoms with Crippen molar-refractivity contribution in [3.8, 4) is 0 Å². The van der Waals surface area contributed by atoms with Crippen LogP contribution in [0.1, 0.15) is 70.6 Å². The van der Waals surface area contributed by atoms with Crippen LogP contribution in [-0.2, 0) is 9.36 Å². The molecule has 0 heterocycles. The normalized spacial score (nSPS) is 11.5. The fraction of sp³-hybridized carbons (Fsp3) is 0.733. The third-order valence-electron chi connectivity index (χ3n) is 3.22. The van der Waals surface area contributed by atoms with Gasteiger partial charge >= 0.3 is 7.60 Å². The van der Waals surface area contributed by atoms with E-state index < -0.39 is 7.60 Å². The minimum atomic E-state index is -3.91. The number of hydrogen-bond donors (Lipinski definition) is 2. The van der Waals surface area contributed by atoms with Gasteiger partial charge in [0, 0.05) is 6.42 Å². The standard InChI is InChI=1S/C15H28O4P/c1-2-15(16)13-11-9-7-5-3-4-6-8-10-12-14-20(17,18)19/h2,14H,1,3-13H2,(H2,17,18,19). The SMILES string of the molecule is C=CC(=O)CCCCCCCCCCC[CH]P(=O)(O)O. The lowest BCUT2D eigenvalue weighted by Gasteiger charge is -2.03. The number of allylic oxidation sites excluding steroid dienone is 1. The molecular weight excluding hydrogens is 275 g/mol. The van der Waals surface area contributed by atoms with Gasteiger partial charge in [-0.2, -0.15) is 0 Å². The molecule has 0 fully saturated rings. The summed E-state index contributed by atoms with van der Waals surface area (Å²) < 4.78 is 10.6. The second kappa shape index (κ2) is 12.3. The number of carbonyl (C=O) groups is 1. The van der Waals surface area contributed by atoms with Gasteiger partial charge in [0.1, 0.15) is 0 Å². The van der Waals surface area contributed by atoms with Crippen LogP contribution in [0.2, 0.25) is 0 Å². The van der Waals surface area contributed by atoms with E-state index >= 15 is 0 Å². The highest BCUT2D eigenvalue weighted by atomic mass is 31.2. The lowest BCUT2D eigenvalue weighted by molar-refractivity contribution is -0.114. The van der Waals surface area contributed by atoms with Crippen LogP contribution in [-0.4, -0.2) is 15.6 Å². The van der Waals surface area contributed by atoms with Crippen LogP contribution in [0.25, 0.3) is 0 Å². The molecule has 5 heteroatoms. The van der Waals surface area contributed by atoms with Crippen LogP contribution >= 0.6 is 7.60 Å². The summed E-state index contributed by atoms with van der Waals surface area (Å²) in [5.41, 5.74) is 0. The molecule has 0 aromatic rings. The fourth-order valence-corrected chi connectivity index (χ4v) is 2.56. The Morgan fingerprint density at radius 3 is 1.80 bits per heavy atom. The molecule has 0 atom stereocenters. The molecule has 0 rings (SSSR count). The summed E-state index contributed by atoms with van der Waals surface area (Å²) in [4.78, 5) is 28.2. The van der Waals surface area contributed by atoms with Crippen molar-refractivity contribution in [3.05, 3.63) is 18.8 Å². The van der Waals surface area contributed by atoms with Gasteiger partial charge < -0.3 is 9.79 Å². The monoisotopic (exact) mass is 303 g/mol. The van der Waals surface area contributed by atoms with Crippen molar-refractivity contribution in [2.24, 2.45) is 0 Å². The average Bonchev–Trinajstić information content (AvgIpc) is 2.38. The molecule has 4 nitrogen and oxygen atoms in total. The summed E-state index contributed by atoms with van der Waals surface area (Å²) in [7, 11) is -3.91. The Balaban J connectivity index is 3.12. The maximum Gasteiger partial charge on any atom is 0.329 e. The molecule has 0 saturated carbocycles. The van der Waals surface area contributed by atoms with Gasteiger partial charge in [-0.25, -0.2) is 0 Å². The van der Waals surface area contributed by atoms with Crippen molar-refractivity contribution >= 4 is 13.4 Å². The van der Waals surface area contributed by atoms with Crippen molar-refractivity contribution in [2.45, 2.75) is 70.6 Å². The van der Waals surface area contributed by atoms with Gasteiger partial charge in [-0.15, -0.1) is 0 Å². The molecule has 0 unspecified atom stereocenters. The van der Waals surface area contributed by atoms with Crippen molar-refractivity contribution in [1.82, 2.24) is 0 Å². The van der Waals surface area contributed by atoms with Crippen molar-refractivity contribution in [3.63, 3.8) is 0 Å². The zero-order chi connectivity index (χ0) is 15.3. The summed E-state index contributed by atoms with van der Waals surface area (Å²) in [6.07, 6.45) is 13.5. The second-order valence-corrected chi connectivity index (χ2v) is 6.71. The van der Waals surface area contributed by atoms with Crippen LogP contribution in [0.3, 0.4) is 0 Å². The summed E-state index contributed by atoms with van der Waals surface area (Å²) in [5.74, 6) is 0.136. The Morgan fingerprint density at radius 2 is 1.35 bits per heavy atom. The van der Waals surface area contributed by atoms with E-state index in [0.29, 0.717) is 12.8 Å². The van der Waals surface area contributed by atoms with E-state index in [-0.39, 0.29) is 5.78 Å². The largest absolute Gasteiger partial charge is 0.329 e. The molecule has 0 spiro atoms. The highest BCUT2D eigenvalue weighted by Crippen LogP contribution is 2.40. The quantitative estimate of drug-likeness (QED) is 0.284. The Labute approximate surface area is 122 Å². The first-order valence-corrected chi connectivity index (χ1v) is 9.19. The van der Waals surface area contributed by atoms with Gasteiger partial charge in [0.25, 0.3) is 0 Å². The highest BCUT2D eigenvalue weighted by molar-refractivity contribution is 7.54.